The van der Waals surface area contributed by atoms with Crippen molar-refractivity contribution in [3.63, 3.8) is 0 Å². The zero-order valence-corrected chi connectivity index (χ0v) is 20.9. The van der Waals surface area contributed by atoms with Crippen molar-refractivity contribution in [1.82, 2.24) is 25.1 Å². The van der Waals surface area contributed by atoms with Crippen molar-refractivity contribution in [2.24, 2.45) is 0 Å². The minimum atomic E-state index is -0.333. The van der Waals surface area contributed by atoms with Crippen molar-refractivity contribution in [1.29, 1.82) is 0 Å². The summed E-state index contributed by atoms with van der Waals surface area (Å²) in [6.07, 6.45) is 9.11. The Balaban J connectivity index is 1.62. The Kier molecular flexibility index (Phi) is 8.51. The molecular weight excluding hydrogens is 468 g/mol. The Hall–Kier alpha value is -4.63. The number of nitrogens with one attached hydrogen (secondary N) is 3. The number of carbonyl (C=O) groups is 1. The zero-order chi connectivity index (χ0) is 26.0. The van der Waals surface area contributed by atoms with E-state index in [1.54, 1.807) is 24.1 Å². The van der Waals surface area contributed by atoms with Gasteiger partial charge in [0, 0.05) is 18.9 Å². The molecule has 4 rings (SSSR count). The Morgan fingerprint density at radius 3 is 2.73 bits per heavy atom. The molecule has 2 heterocycles. The number of rotatable bonds is 11. The molecule has 0 aliphatic rings. The van der Waals surface area contributed by atoms with E-state index in [4.69, 9.17) is 9.47 Å². The number of amides is 2. The molecule has 2 amide bonds. The second-order valence-electron chi connectivity index (χ2n) is 8.05. The number of fused-ring (bicyclic) bond motifs is 1. The number of hydrogen-bond donors (Lipinski definition) is 3. The number of H-pyrrole nitrogens is 1. The minimum absolute atomic E-state index is 0.331. The number of anilines is 1. The topological polar surface area (TPSA) is 106 Å². The summed E-state index contributed by atoms with van der Waals surface area (Å²) in [5, 5.41) is 9.81. The number of urea groups is 1. The molecule has 0 atom stereocenters. The number of aromatic nitrogens is 4. The molecule has 190 valence electrons. The summed E-state index contributed by atoms with van der Waals surface area (Å²) >= 11 is 0. The van der Waals surface area contributed by atoms with Gasteiger partial charge in [-0.1, -0.05) is 49.1 Å². The smallest absolute Gasteiger partial charge is 0.321 e. The molecule has 4 aromatic rings. The van der Waals surface area contributed by atoms with Crippen LogP contribution in [-0.2, 0) is 16.1 Å². The van der Waals surface area contributed by atoms with Crippen LogP contribution in [-0.4, -0.2) is 46.0 Å². The fourth-order valence-corrected chi connectivity index (χ4v) is 3.71. The average molecular weight is 499 g/mol. The van der Waals surface area contributed by atoms with Crippen LogP contribution in [0, 0.1) is 0 Å². The SMILES string of the molecule is C=C/C(=C\C=C(/COCc1ccccc1)OC)c1cc(-n2cccn2)c2[nH]c(NC(=O)NCC)nc2c1. The van der Waals surface area contributed by atoms with Gasteiger partial charge >= 0.3 is 6.03 Å². The van der Waals surface area contributed by atoms with Crippen molar-refractivity contribution in [2.75, 3.05) is 25.6 Å². The number of imidazole rings is 1. The van der Waals surface area contributed by atoms with Gasteiger partial charge in [-0.05, 0) is 47.9 Å². The summed E-state index contributed by atoms with van der Waals surface area (Å²) in [4.78, 5) is 19.8. The summed E-state index contributed by atoms with van der Waals surface area (Å²) in [5.74, 6) is 1.02. The Labute approximate surface area is 215 Å². The molecule has 0 bridgehead atoms. The van der Waals surface area contributed by atoms with Crippen LogP contribution >= 0.6 is 0 Å². The summed E-state index contributed by atoms with van der Waals surface area (Å²) in [7, 11) is 1.62. The number of methoxy groups -OCH3 is 1. The third-order valence-corrected chi connectivity index (χ3v) is 5.51. The van der Waals surface area contributed by atoms with E-state index in [1.165, 1.54) is 0 Å². The van der Waals surface area contributed by atoms with E-state index in [2.05, 4.69) is 32.3 Å². The van der Waals surface area contributed by atoms with Crippen molar-refractivity contribution >= 4 is 28.6 Å². The van der Waals surface area contributed by atoms with Gasteiger partial charge in [-0.15, -0.1) is 0 Å². The normalized spacial score (nSPS) is 11.9. The highest BCUT2D eigenvalue weighted by Gasteiger charge is 2.14. The molecule has 0 radical (unpaired) electrons. The quantitative estimate of drug-likeness (QED) is 0.195. The molecule has 0 spiro atoms. The summed E-state index contributed by atoms with van der Waals surface area (Å²) in [5.41, 5.74) is 5.02. The van der Waals surface area contributed by atoms with Crippen LogP contribution in [0.3, 0.4) is 0 Å². The lowest BCUT2D eigenvalue weighted by atomic mass is 10.0. The highest BCUT2D eigenvalue weighted by atomic mass is 16.5. The van der Waals surface area contributed by atoms with Crippen molar-refractivity contribution < 1.29 is 14.3 Å². The van der Waals surface area contributed by atoms with E-state index in [-0.39, 0.29) is 6.03 Å². The maximum absolute atomic E-state index is 12.0. The van der Waals surface area contributed by atoms with Gasteiger partial charge < -0.3 is 19.8 Å². The standard InChI is InChI=1S/C28H30N6O3/c1-4-21(12-13-23(36-3)19-37-18-20-10-7-6-8-11-20)22-16-24-26(25(17-22)34-15-9-14-30-34)32-27(31-24)33-28(35)29-5-2/h4,6-17H,1,5,18-19H2,2-3H3,(H3,29,31,32,33,35)/b21-12+,23-13+. The molecule has 3 N–H and O–H groups in total. The molecule has 0 aliphatic heterocycles. The maximum Gasteiger partial charge on any atom is 0.321 e. The number of allylic oxidation sites excluding steroid dienone is 4. The molecule has 0 saturated heterocycles. The third kappa shape index (κ3) is 6.53. The minimum Gasteiger partial charge on any atom is -0.499 e. The number of aromatic amines is 1. The van der Waals surface area contributed by atoms with Crippen LogP contribution in [0.15, 0.2) is 91.5 Å². The molecule has 37 heavy (non-hydrogen) atoms. The van der Waals surface area contributed by atoms with Crippen LogP contribution in [0.1, 0.15) is 18.1 Å². The number of benzene rings is 2. The first kappa shape index (κ1) is 25.5. The number of carbonyl (C=O) groups excluding carboxylic acids is 1. The Morgan fingerprint density at radius 2 is 2.03 bits per heavy atom. The second kappa shape index (κ2) is 12.4. The molecule has 9 nitrogen and oxygen atoms in total. The largest absolute Gasteiger partial charge is 0.499 e. The average Bonchev–Trinajstić information content (AvgIpc) is 3.58. The molecule has 0 fully saturated rings. The van der Waals surface area contributed by atoms with Crippen LogP contribution < -0.4 is 10.6 Å². The van der Waals surface area contributed by atoms with E-state index in [9.17, 15) is 4.79 Å². The van der Waals surface area contributed by atoms with E-state index in [0.717, 1.165) is 27.9 Å². The fourth-order valence-electron chi connectivity index (χ4n) is 3.71. The van der Waals surface area contributed by atoms with Crippen molar-refractivity contribution in [2.45, 2.75) is 13.5 Å². The lowest BCUT2D eigenvalue weighted by Gasteiger charge is -2.09. The van der Waals surface area contributed by atoms with Gasteiger partial charge in [0.05, 0.1) is 30.4 Å². The lowest BCUT2D eigenvalue weighted by Crippen LogP contribution is -2.28. The highest BCUT2D eigenvalue weighted by molar-refractivity contribution is 5.94. The third-order valence-electron chi connectivity index (χ3n) is 5.51. The second-order valence-corrected chi connectivity index (χ2v) is 8.05. The first-order chi connectivity index (χ1) is 18.1. The van der Waals surface area contributed by atoms with Gasteiger partial charge in [-0.3, -0.25) is 5.32 Å². The van der Waals surface area contributed by atoms with E-state index >= 15 is 0 Å². The highest BCUT2D eigenvalue weighted by Crippen LogP contribution is 2.28. The van der Waals surface area contributed by atoms with Gasteiger partial charge in [0.25, 0.3) is 0 Å². The molecule has 9 heteroatoms. The van der Waals surface area contributed by atoms with Crippen molar-refractivity contribution in [3.8, 4) is 5.69 Å². The van der Waals surface area contributed by atoms with Crippen LogP contribution in [0.2, 0.25) is 0 Å². The first-order valence-corrected chi connectivity index (χ1v) is 11.9. The van der Waals surface area contributed by atoms with E-state index in [1.807, 2.05) is 73.8 Å². The predicted octanol–water partition coefficient (Wildman–Crippen LogP) is 5.21. The summed E-state index contributed by atoms with van der Waals surface area (Å²) in [6, 6.07) is 15.4. The molecule has 0 aliphatic carbocycles. The molecular formula is C28H30N6O3. The predicted molar refractivity (Wildman–Crippen MR) is 145 cm³/mol. The number of nitrogens with zero attached hydrogens (tertiary/aromatic N) is 3. The maximum atomic E-state index is 12.0. The number of hydrogen-bond acceptors (Lipinski definition) is 5. The summed E-state index contributed by atoms with van der Waals surface area (Å²) < 4.78 is 13.1. The van der Waals surface area contributed by atoms with Gasteiger partial charge in [0.1, 0.15) is 12.4 Å². The Bertz CT molecular complexity index is 1400. The first-order valence-electron chi connectivity index (χ1n) is 11.9. The molecule has 2 aromatic heterocycles. The van der Waals surface area contributed by atoms with Gasteiger partial charge in [-0.2, -0.15) is 5.10 Å². The van der Waals surface area contributed by atoms with Gasteiger partial charge in [0.15, 0.2) is 0 Å². The molecule has 0 unspecified atom stereocenters. The van der Waals surface area contributed by atoms with Crippen LogP contribution in [0.5, 0.6) is 0 Å². The van der Waals surface area contributed by atoms with Gasteiger partial charge in [0.2, 0.25) is 5.95 Å². The van der Waals surface area contributed by atoms with Gasteiger partial charge in [-0.25, -0.2) is 14.5 Å². The molecule has 0 saturated carbocycles. The van der Waals surface area contributed by atoms with Crippen LogP contribution in [0.4, 0.5) is 10.7 Å². The van der Waals surface area contributed by atoms with E-state index in [0.29, 0.717) is 37.0 Å². The molecule has 2 aromatic carbocycles. The monoisotopic (exact) mass is 498 g/mol. The zero-order valence-electron chi connectivity index (χ0n) is 20.9. The lowest BCUT2D eigenvalue weighted by molar-refractivity contribution is 0.103. The summed E-state index contributed by atoms with van der Waals surface area (Å²) in [6.45, 7) is 7.18. The number of ether oxygens (including phenoxy) is 2. The van der Waals surface area contributed by atoms with Crippen LogP contribution in [0.25, 0.3) is 22.3 Å². The fraction of sp³-hybridized carbons (Fsp3) is 0.179. The van der Waals surface area contributed by atoms with Crippen molar-refractivity contribution in [3.05, 3.63) is 103 Å². The Morgan fingerprint density at radius 1 is 1.19 bits per heavy atom. The van der Waals surface area contributed by atoms with E-state index < -0.39 is 0 Å².